The van der Waals surface area contributed by atoms with Crippen molar-refractivity contribution in [2.45, 2.75) is 12.4 Å². The van der Waals surface area contributed by atoms with Crippen LogP contribution in [0.1, 0.15) is 5.56 Å². The van der Waals surface area contributed by atoms with Crippen LogP contribution in [0.25, 0.3) is 0 Å². The highest BCUT2D eigenvalue weighted by Crippen LogP contribution is 2.36. The van der Waals surface area contributed by atoms with E-state index in [0.29, 0.717) is 0 Å². The Kier molecular flexibility index (Phi) is 4.00. The van der Waals surface area contributed by atoms with Gasteiger partial charge in [0.2, 0.25) is 0 Å². The Morgan fingerprint density at radius 2 is 1.88 bits per heavy atom. The van der Waals surface area contributed by atoms with Gasteiger partial charge in [-0.1, -0.05) is 11.6 Å². The summed E-state index contributed by atoms with van der Waals surface area (Å²) in [6.07, 6.45) is 0. The minimum Gasteiger partial charge on any atom is -0.375 e. The number of benzene rings is 1. The van der Waals surface area contributed by atoms with Crippen molar-refractivity contribution in [1.29, 1.82) is 0 Å². The fraction of sp³-hybridized carbons (Fsp3) is 0.250. The number of halogens is 5. The minimum absolute atomic E-state index is 0.0234. The van der Waals surface area contributed by atoms with Gasteiger partial charge in [0.15, 0.2) is 5.75 Å². The number of hydrogen-bond donors (Lipinski definition) is 0. The second-order valence-corrected chi connectivity index (χ2v) is 5.85. The average Bonchev–Trinajstić information content (AvgIpc) is 2.09. The first-order chi connectivity index (χ1) is 7.54. The lowest BCUT2D eigenvalue weighted by Gasteiger charge is -2.12. The van der Waals surface area contributed by atoms with E-state index in [4.69, 9.17) is 11.6 Å². The van der Waals surface area contributed by atoms with Gasteiger partial charge in [0.05, 0.1) is 4.47 Å². The normalized spacial score (nSPS) is 12.6. The molecule has 0 N–H and O–H groups in total. The van der Waals surface area contributed by atoms with E-state index in [-0.39, 0.29) is 15.1 Å². The molecule has 1 rings (SSSR count). The van der Waals surface area contributed by atoms with E-state index in [1.165, 1.54) is 19.1 Å². The Balaban J connectivity index is 3.22. The molecule has 0 bridgehead atoms. The van der Waals surface area contributed by atoms with Crippen molar-refractivity contribution in [2.24, 2.45) is 0 Å². The first kappa shape index (κ1) is 14.6. The molecule has 0 heterocycles. The highest BCUT2D eigenvalue weighted by molar-refractivity contribution is 9.10. The van der Waals surface area contributed by atoms with E-state index < -0.39 is 21.4 Å². The third-order valence-corrected chi connectivity index (χ3v) is 3.43. The SMILES string of the molecule is Cc1cc(Cl)cc(Br)c1OS(=O)(=O)C(F)(F)F. The van der Waals surface area contributed by atoms with Crippen molar-refractivity contribution in [3.8, 4) is 5.75 Å². The Morgan fingerprint density at radius 1 is 1.35 bits per heavy atom. The molecule has 0 saturated heterocycles. The predicted octanol–water partition coefficient (Wildman–Crippen LogP) is 3.64. The monoisotopic (exact) mass is 352 g/mol. The molecule has 0 saturated carbocycles. The van der Waals surface area contributed by atoms with E-state index in [2.05, 4.69) is 20.1 Å². The lowest BCUT2D eigenvalue weighted by Crippen LogP contribution is -2.28. The predicted molar refractivity (Wildman–Crippen MR) is 59.5 cm³/mol. The molecule has 0 radical (unpaired) electrons. The van der Waals surface area contributed by atoms with Gasteiger partial charge >= 0.3 is 15.6 Å². The molecule has 0 fully saturated rings. The molecular weight excluding hydrogens is 349 g/mol. The molecule has 0 aliphatic rings. The number of rotatable bonds is 2. The summed E-state index contributed by atoms with van der Waals surface area (Å²) in [6.45, 7) is 1.37. The van der Waals surface area contributed by atoms with Crippen LogP contribution in [-0.2, 0) is 10.1 Å². The van der Waals surface area contributed by atoms with E-state index in [1.54, 1.807) is 0 Å². The Bertz CT molecular complexity index is 518. The van der Waals surface area contributed by atoms with Gasteiger partial charge in [-0.25, -0.2) is 0 Å². The largest absolute Gasteiger partial charge is 0.534 e. The van der Waals surface area contributed by atoms with E-state index in [0.717, 1.165) is 0 Å². The van der Waals surface area contributed by atoms with Crippen molar-refractivity contribution in [1.82, 2.24) is 0 Å². The molecule has 17 heavy (non-hydrogen) atoms. The summed E-state index contributed by atoms with van der Waals surface area (Å²) in [4.78, 5) is 0. The molecule has 0 spiro atoms. The van der Waals surface area contributed by atoms with Crippen molar-refractivity contribution in [2.75, 3.05) is 0 Å². The lowest BCUT2D eigenvalue weighted by molar-refractivity contribution is -0.0500. The molecule has 9 heteroatoms. The van der Waals surface area contributed by atoms with Crippen LogP contribution in [0.2, 0.25) is 5.02 Å². The highest BCUT2D eigenvalue weighted by atomic mass is 79.9. The second-order valence-electron chi connectivity index (χ2n) is 3.02. The fourth-order valence-corrected chi connectivity index (χ4v) is 2.64. The minimum atomic E-state index is -5.68. The van der Waals surface area contributed by atoms with Gasteiger partial charge < -0.3 is 4.18 Å². The molecule has 96 valence electrons. The van der Waals surface area contributed by atoms with E-state index >= 15 is 0 Å². The summed E-state index contributed by atoms with van der Waals surface area (Å²) < 4.78 is 62.0. The third kappa shape index (κ3) is 3.26. The standard InChI is InChI=1S/C8H5BrClF3O3S/c1-4-2-5(10)3-6(9)7(4)16-17(14,15)8(11,12)13/h2-3H,1H3. The summed E-state index contributed by atoms with van der Waals surface area (Å²) in [6, 6.07) is 2.52. The molecule has 0 amide bonds. The Labute approximate surface area is 109 Å². The molecule has 0 aromatic heterocycles. The first-order valence-corrected chi connectivity index (χ1v) is 6.59. The van der Waals surface area contributed by atoms with Gasteiger partial charge in [-0.2, -0.15) is 21.6 Å². The van der Waals surface area contributed by atoms with Crippen LogP contribution in [0.5, 0.6) is 5.75 Å². The smallest absolute Gasteiger partial charge is 0.375 e. The Morgan fingerprint density at radius 3 is 2.29 bits per heavy atom. The number of aryl methyl sites for hydroxylation is 1. The molecule has 0 unspecified atom stereocenters. The zero-order valence-electron chi connectivity index (χ0n) is 8.18. The molecular formula is C8H5BrClF3O3S. The summed E-state index contributed by atoms with van der Waals surface area (Å²) >= 11 is 8.50. The van der Waals surface area contributed by atoms with Gasteiger partial charge in [-0.05, 0) is 40.5 Å². The van der Waals surface area contributed by atoms with Crippen molar-refractivity contribution in [3.05, 3.63) is 27.2 Å². The van der Waals surface area contributed by atoms with Crippen LogP contribution in [0.4, 0.5) is 13.2 Å². The van der Waals surface area contributed by atoms with Crippen LogP contribution in [0.15, 0.2) is 16.6 Å². The topological polar surface area (TPSA) is 43.4 Å². The maximum Gasteiger partial charge on any atom is 0.534 e. The molecule has 0 aliphatic heterocycles. The first-order valence-electron chi connectivity index (χ1n) is 4.01. The summed E-state index contributed by atoms with van der Waals surface area (Å²) in [7, 11) is -5.68. The van der Waals surface area contributed by atoms with Gasteiger partial charge in [0.1, 0.15) is 0 Å². The second kappa shape index (κ2) is 4.66. The molecule has 1 aromatic carbocycles. The van der Waals surface area contributed by atoms with E-state index in [9.17, 15) is 21.6 Å². The van der Waals surface area contributed by atoms with Crippen molar-refractivity contribution >= 4 is 37.6 Å². The zero-order chi connectivity index (χ0) is 13.4. The molecule has 0 atom stereocenters. The Hall–Kier alpha value is -0.470. The third-order valence-electron chi connectivity index (χ3n) is 1.67. The number of hydrogen-bond acceptors (Lipinski definition) is 3. The highest BCUT2D eigenvalue weighted by Gasteiger charge is 2.49. The maximum absolute atomic E-state index is 12.1. The maximum atomic E-state index is 12.1. The van der Waals surface area contributed by atoms with Crippen LogP contribution < -0.4 is 4.18 Å². The van der Waals surface area contributed by atoms with Crippen LogP contribution in [-0.4, -0.2) is 13.9 Å². The molecule has 0 aliphatic carbocycles. The van der Waals surface area contributed by atoms with Gasteiger partial charge in [-0.3, -0.25) is 0 Å². The van der Waals surface area contributed by atoms with Crippen LogP contribution in [0, 0.1) is 6.92 Å². The summed E-state index contributed by atoms with van der Waals surface area (Å²) in [5.74, 6) is -0.438. The fourth-order valence-electron chi connectivity index (χ4n) is 0.951. The van der Waals surface area contributed by atoms with Crippen molar-refractivity contribution in [3.63, 3.8) is 0 Å². The molecule has 1 aromatic rings. The van der Waals surface area contributed by atoms with Crippen LogP contribution >= 0.6 is 27.5 Å². The van der Waals surface area contributed by atoms with E-state index in [1.807, 2.05) is 0 Å². The summed E-state index contributed by atoms with van der Waals surface area (Å²) in [5.41, 5.74) is -5.31. The van der Waals surface area contributed by atoms with Gasteiger partial charge in [0.25, 0.3) is 0 Å². The van der Waals surface area contributed by atoms with Crippen molar-refractivity contribution < 1.29 is 25.8 Å². The van der Waals surface area contributed by atoms with Gasteiger partial charge in [0, 0.05) is 5.02 Å². The molecule has 3 nitrogen and oxygen atoms in total. The zero-order valence-corrected chi connectivity index (χ0v) is 11.3. The average molecular weight is 354 g/mol. The van der Waals surface area contributed by atoms with Crippen LogP contribution in [0.3, 0.4) is 0 Å². The van der Waals surface area contributed by atoms with Gasteiger partial charge in [-0.15, -0.1) is 0 Å². The summed E-state index contributed by atoms with van der Waals surface area (Å²) in [5, 5.41) is 0.242. The lowest BCUT2D eigenvalue weighted by atomic mass is 10.2. The quantitative estimate of drug-likeness (QED) is 0.602. The number of alkyl halides is 3.